The van der Waals surface area contributed by atoms with Crippen molar-refractivity contribution in [3.05, 3.63) is 35.9 Å². The van der Waals surface area contributed by atoms with Gasteiger partial charge in [0, 0.05) is 12.8 Å². The minimum absolute atomic E-state index is 0.00841. The van der Waals surface area contributed by atoms with Gasteiger partial charge in [0.15, 0.2) is 11.9 Å². The maximum atomic E-state index is 11.9. The minimum atomic E-state index is -1.05. The molecule has 1 aromatic carbocycles. The van der Waals surface area contributed by atoms with Gasteiger partial charge in [-0.15, -0.1) is 5.06 Å². The Morgan fingerprint density at radius 2 is 1.56 bits per heavy atom. The van der Waals surface area contributed by atoms with Crippen LogP contribution in [0.5, 0.6) is 0 Å². The molecule has 1 heterocycles. The van der Waals surface area contributed by atoms with Crippen LogP contribution in [0.25, 0.3) is 0 Å². The van der Waals surface area contributed by atoms with Gasteiger partial charge in [0.05, 0.1) is 12.8 Å². The number of benzene rings is 1. The number of hydrogen-bond acceptors (Lipinski definition) is 7. The largest absolute Gasteiger partial charge is 0.449 e. The lowest BCUT2D eigenvalue weighted by atomic mass is 10.1. The van der Waals surface area contributed by atoms with Crippen LogP contribution in [0.3, 0.4) is 0 Å². The number of Topliss-reactive ketones (excluding diaryl/α,β-unsaturated/α-hetero) is 1. The van der Waals surface area contributed by atoms with Gasteiger partial charge in [-0.2, -0.15) is 0 Å². The summed E-state index contributed by atoms with van der Waals surface area (Å²) < 4.78 is 5.12. The molecule has 0 saturated carbocycles. The van der Waals surface area contributed by atoms with Gasteiger partial charge < -0.3 is 9.57 Å². The van der Waals surface area contributed by atoms with E-state index < -0.39 is 29.9 Å². The molecule has 0 bridgehead atoms. The van der Waals surface area contributed by atoms with E-state index in [0.717, 1.165) is 0 Å². The van der Waals surface area contributed by atoms with Gasteiger partial charge >= 0.3 is 11.9 Å². The zero-order valence-corrected chi connectivity index (χ0v) is 13.6. The zero-order valence-electron chi connectivity index (χ0n) is 13.6. The lowest BCUT2D eigenvalue weighted by Gasteiger charge is -2.16. The van der Waals surface area contributed by atoms with E-state index in [2.05, 4.69) is 4.84 Å². The Hall–Kier alpha value is -3.03. The summed E-state index contributed by atoms with van der Waals surface area (Å²) in [6.07, 6.45) is -1.79. The van der Waals surface area contributed by atoms with Crippen LogP contribution in [-0.2, 0) is 33.5 Å². The van der Waals surface area contributed by atoms with E-state index in [1.807, 2.05) is 0 Å². The lowest BCUT2D eigenvalue weighted by Crippen LogP contribution is -2.32. The van der Waals surface area contributed by atoms with Crippen LogP contribution < -0.4 is 0 Å². The third-order valence-corrected chi connectivity index (χ3v) is 3.45. The Labute approximate surface area is 143 Å². The number of ketones is 1. The van der Waals surface area contributed by atoms with Gasteiger partial charge in [-0.05, 0) is 12.5 Å². The highest BCUT2D eigenvalue weighted by Gasteiger charge is 2.33. The second-order valence-corrected chi connectivity index (χ2v) is 5.44. The number of amides is 2. The van der Waals surface area contributed by atoms with Gasteiger partial charge in [-0.3, -0.25) is 19.2 Å². The van der Waals surface area contributed by atoms with E-state index in [-0.39, 0.29) is 31.5 Å². The number of hydroxylamine groups is 2. The molecule has 0 radical (unpaired) electrons. The highest BCUT2D eigenvalue weighted by molar-refractivity contribution is 6.01. The number of ether oxygens (including phenoxy) is 1. The molecule has 1 aromatic rings. The van der Waals surface area contributed by atoms with Crippen molar-refractivity contribution < 1.29 is 33.5 Å². The number of carbonyl (C=O) groups excluding carboxylic acids is 5. The van der Waals surface area contributed by atoms with Crippen LogP contribution in [-0.4, -0.2) is 34.6 Å². The Morgan fingerprint density at radius 3 is 2.12 bits per heavy atom. The second-order valence-electron chi connectivity index (χ2n) is 5.44. The zero-order chi connectivity index (χ0) is 18.4. The monoisotopic (exact) mass is 347 g/mol. The fourth-order valence-corrected chi connectivity index (χ4v) is 2.21. The molecule has 8 heteroatoms. The molecule has 0 unspecified atom stereocenters. The Morgan fingerprint density at radius 1 is 1.00 bits per heavy atom. The first-order valence-corrected chi connectivity index (χ1v) is 7.70. The first kappa shape index (κ1) is 18.3. The maximum Gasteiger partial charge on any atom is 0.333 e. The fourth-order valence-electron chi connectivity index (χ4n) is 2.21. The number of rotatable bonds is 7. The van der Waals surface area contributed by atoms with Crippen LogP contribution in [0.4, 0.5) is 0 Å². The van der Waals surface area contributed by atoms with Crippen molar-refractivity contribution in [2.75, 3.05) is 0 Å². The standard InChI is InChI=1S/C17H17NO7/c1-11(19)17(12-5-3-2-4-6-12)24-15(22)9-10-16(23)25-18-13(20)7-8-14(18)21/h2-6,17H,7-10H2,1H3/t17-/m1/s1. The molecule has 2 amide bonds. The van der Waals surface area contributed by atoms with Gasteiger partial charge in [-0.1, -0.05) is 30.3 Å². The molecule has 1 aliphatic heterocycles. The predicted molar refractivity (Wildman–Crippen MR) is 82.4 cm³/mol. The third kappa shape index (κ3) is 4.97. The normalized spacial score (nSPS) is 15.0. The van der Waals surface area contributed by atoms with Crippen molar-refractivity contribution in [1.82, 2.24) is 5.06 Å². The summed E-state index contributed by atoms with van der Waals surface area (Å²) in [6.45, 7) is 1.30. The van der Waals surface area contributed by atoms with E-state index >= 15 is 0 Å². The summed E-state index contributed by atoms with van der Waals surface area (Å²) in [5.74, 6) is -3.21. The maximum absolute atomic E-state index is 11.9. The van der Waals surface area contributed by atoms with E-state index in [9.17, 15) is 24.0 Å². The molecule has 1 fully saturated rings. The molecule has 0 spiro atoms. The highest BCUT2D eigenvalue weighted by atomic mass is 16.7. The molecule has 2 rings (SSSR count). The molecule has 132 valence electrons. The molecule has 1 saturated heterocycles. The lowest BCUT2D eigenvalue weighted by molar-refractivity contribution is -0.197. The Kier molecular flexibility index (Phi) is 5.99. The molecule has 0 aromatic heterocycles. The Bertz CT molecular complexity index is 682. The summed E-state index contributed by atoms with van der Waals surface area (Å²) in [7, 11) is 0. The van der Waals surface area contributed by atoms with E-state index in [0.29, 0.717) is 10.6 Å². The molecule has 1 aliphatic rings. The number of esters is 1. The van der Waals surface area contributed by atoms with Crippen LogP contribution in [0, 0.1) is 0 Å². The SMILES string of the molecule is CC(=O)[C@@H](OC(=O)CCC(=O)ON1C(=O)CCC1=O)c1ccccc1. The number of imide groups is 1. The van der Waals surface area contributed by atoms with Crippen LogP contribution in [0.1, 0.15) is 44.3 Å². The first-order valence-electron chi connectivity index (χ1n) is 7.70. The summed E-state index contributed by atoms with van der Waals surface area (Å²) in [6, 6.07) is 8.48. The van der Waals surface area contributed by atoms with E-state index in [1.54, 1.807) is 30.3 Å². The van der Waals surface area contributed by atoms with Gasteiger partial charge in [0.2, 0.25) is 0 Å². The second kappa shape index (κ2) is 8.18. The molecular weight excluding hydrogens is 330 g/mol. The predicted octanol–water partition coefficient (Wildman–Crippen LogP) is 1.25. The van der Waals surface area contributed by atoms with E-state index in [4.69, 9.17) is 4.74 Å². The number of carbonyl (C=O) groups is 5. The van der Waals surface area contributed by atoms with Gasteiger partial charge in [-0.25, -0.2) is 4.79 Å². The average Bonchev–Trinajstić information content (AvgIpc) is 2.90. The third-order valence-electron chi connectivity index (χ3n) is 3.45. The van der Waals surface area contributed by atoms with Gasteiger partial charge in [0.25, 0.3) is 11.8 Å². The summed E-state index contributed by atoms with van der Waals surface area (Å²) in [4.78, 5) is 62.5. The van der Waals surface area contributed by atoms with Crippen molar-refractivity contribution in [1.29, 1.82) is 0 Å². The van der Waals surface area contributed by atoms with Crippen molar-refractivity contribution in [3.8, 4) is 0 Å². The Balaban J connectivity index is 1.85. The van der Waals surface area contributed by atoms with Crippen molar-refractivity contribution in [2.45, 2.75) is 38.7 Å². The molecule has 0 N–H and O–H groups in total. The van der Waals surface area contributed by atoms with Crippen LogP contribution in [0.2, 0.25) is 0 Å². The molecular formula is C17H17NO7. The van der Waals surface area contributed by atoms with Crippen LogP contribution in [0.15, 0.2) is 30.3 Å². The minimum Gasteiger partial charge on any atom is -0.449 e. The smallest absolute Gasteiger partial charge is 0.333 e. The molecule has 25 heavy (non-hydrogen) atoms. The fraction of sp³-hybridized carbons (Fsp3) is 0.353. The topological polar surface area (TPSA) is 107 Å². The van der Waals surface area contributed by atoms with Gasteiger partial charge in [0.1, 0.15) is 0 Å². The molecule has 0 aliphatic carbocycles. The average molecular weight is 347 g/mol. The van der Waals surface area contributed by atoms with Crippen molar-refractivity contribution in [3.63, 3.8) is 0 Å². The summed E-state index contributed by atoms with van der Waals surface area (Å²) in [5, 5.41) is 0.413. The van der Waals surface area contributed by atoms with Crippen molar-refractivity contribution in [2.24, 2.45) is 0 Å². The first-order chi connectivity index (χ1) is 11.9. The summed E-state index contributed by atoms with van der Waals surface area (Å²) in [5.41, 5.74) is 0.527. The number of nitrogens with zero attached hydrogens (tertiary/aromatic N) is 1. The molecule has 8 nitrogen and oxygen atoms in total. The summed E-state index contributed by atoms with van der Waals surface area (Å²) >= 11 is 0. The molecule has 1 atom stereocenters. The number of hydrogen-bond donors (Lipinski definition) is 0. The van der Waals surface area contributed by atoms with E-state index in [1.165, 1.54) is 6.92 Å². The highest BCUT2D eigenvalue weighted by Crippen LogP contribution is 2.19. The van der Waals surface area contributed by atoms with Crippen LogP contribution >= 0.6 is 0 Å². The van der Waals surface area contributed by atoms with Crippen molar-refractivity contribution >= 4 is 29.5 Å². The quantitative estimate of drug-likeness (QED) is 0.539.